The highest BCUT2D eigenvalue weighted by molar-refractivity contribution is 7.89. The van der Waals surface area contributed by atoms with Crippen LogP contribution >= 0.6 is 0 Å². The molecule has 7 nitrogen and oxygen atoms in total. The Kier molecular flexibility index (Phi) is 5.79. The summed E-state index contributed by atoms with van der Waals surface area (Å²) in [5.41, 5.74) is 0. The lowest BCUT2D eigenvalue weighted by molar-refractivity contribution is -0.146. The van der Waals surface area contributed by atoms with Gasteiger partial charge in [-0.15, -0.1) is 0 Å². The zero-order valence-corrected chi connectivity index (χ0v) is 15.3. The van der Waals surface area contributed by atoms with E-state index in [1.165, 1.54) is 30.0 Å². The molecule has 0 bridgehead atoms. The molecule has 1 atom stereocenters. The minimum Gasteiger partial charge on any atom is -0.378 e. The number of ether oxygens (including phenoxy) is 1. The molecule has 2 heterocycles. The van der Waals surface area contributed by atoms with Crippen molar-refractivity contribution in [3.63, 3.8) is 0 Å². The van der Waals surface area contributed by atoms with Crippen LogP contribution in [0.3, 0.4) is 0 Å². The fraction of sp³-hybridized carbons (Fsp3) is 0.938. The number of morpholine rings is 1. The molecule has 8 heteroatoms. The molecule has 0 radical (unpaired) electrons. The number of carbonyl (C=O) groups is 1. The standard InChI is InChI=1S/C16H29N3O4S/c1-2-24(21,22)18-9-7-17(8-10-18)16(20)15-13-23-12-11-19(15)14-5-3-4-6-14/h14-15H,2-13H2,1H3/t15-/m1/s1. The van der Waals surface area contributed by atoms with E-state index in [0.717, 1.165) is 6.54 Å². The Labute approximate surface area is 145 Å². The number of nitrogens with zero attached hydrogens (tertiary/aromatic N) is 3. The number of carbonyl (C=O) groups excluding carboxylic acids is 1. The summed E-state index contributed by atoms with van der Waals surface area (Å²) < 4.78 is 31.0. The lowest BCUT2D eigenvalue weighted by Gasteiger charge is -2.42. The lowest BCUT2D eigenvalue weighted by Crippen LogP contribution is -2.60. The summed E-state index contributed by atoms with van der Waals surface area (Å²) in [6, 6.07) is 0.306. The van der Waals surface area contributed by atoms with E-state index in [-0.39, 0.29) is 17.7 Å². The highest BCUT2D eigenvalue weighted by Crippen LogP contribution is 2.27. The first kappa shape index (κ1) is 18.1. The van der Waals surface area contributed by atoms with Crippen molar-refractivity contribution < 1.29 is 17.9 Å². The van der Waals surface area contributed by atoms with E-state index in [4.69, 9.17) is 4.74 Å². The lowest BCUT2D eigenvalue weighted by atomic mass is 10.1. The van der Waals surface area contributed by atoms with Gasteiger partial charge in [0, 0.05) is 38.8 Å². The van der Waals surface area contributed by atoms with Crippen molar-refractivity contribution in [2.24, 2.45) is 0 Å². The molecule has 3 fully saturated rings. The molecule has 24 heavy (non-hydrogen) atoms. The molecular weight excluding hydrogens is 330 g/mol. The molecule has 0 N–H and O–H groups in total. The molecule has 1 saturated carbocycles. The van der Waals surface area contributed by atoms with Gasteiger partial charge < -0.3 is 9.64 Å². The zero-order chi connectivity index (χ0) is 17.2. The largest absolute Gasteiger partial charge is 0.378 e. The van der Waals surface area contributed by atoms with Gasteiger partial charge in [0.05, 0.1) is 19.0 Å². The quantitative estimate of drug-likeness (QED) is 0.713. The fourth-order valence-corrected chi connectivity index (χ4v) is 5.17. The number of hydrogen-bond donors (Lipinski definition) is 0. The Balaban J connectivity index is 1.61. The van der Waals surface area contributed by atoms with Crippen LogP contribution in [0, 0.1) is 0 Å². The van der Waals surface area contributed by atoms with Gasteiger partial charge in [0.15, 0.2) is 0 Å². The minimum absolute atomic E-state index is 0.107. The average molecular weight is 359 g/mol. The fourth-order valence-electron chi connectivity index (χ4n) is 4.08. The van der Waals surface area contributed by atoms with E-state index in [9.17, 15) is 13.2 Å². The first-order valence-electron chi connectivity index (χ1n) is 9.13. The smallest absolute Gasteiger partial charge is 0.242 e. The van der Waals surface area contributed by atoms with E-state index in [2.05, 4.69) is 4.90 Å². The summed E-state index contributed by atoms with van der Waals surface area (Å²) in [4.78, 5) is 17.1. The van der Waals surface area contributed by atoms with Crippen LogP contribution in [-0.2, 0) is 19.6 Å². The highest BCUT2D eigenvalue weighted by Gasteiger charge is 2.38. The van der Waals surface area contributed by atoms with Gasteiger partial charge in [-0.05, 0) is 19.8 Å². The van der Waals surface area contributed by atoms with Crippen molar-refractivity contribution in [3.05, 3.63) is 0 Å². The molecule has 138 valence electrons. The van der Waals surface area contributed by atoms with E-state index in [1.54, 1.807) is 6.92 Å². The van der Waals surface area contributed by atoms with Crippen molar-refractivity contribution >= 4 is 15.9 Å². The maximum Gasteiger partial charge on any atom is 0.242 e. The van der Waals surface area contributed by atoms with Gasteiger partial charge in [0.25, 0.3) is 0 Å². The van der Waals surface area contributed by atoms with Crippen LogP contribution in [0.25, 0.3) is 0 Å². The van der Waals surface area contributed by atoms with E-state index in [1.807, 2.05) is 4.90 Å². The third-order valence-electron chi connectivity index (χ3n) is 5.56. The second-order valence-electron chi connectivity index (χ2n) is 6.89. The first-order chi connectivity index (χ1) is 11.5. The minimum atomic E-state index is -3.16. The average Bonchev–Trinajstić information content (AvgIpc) is 3.16. The number of piperazine rings is 1. The van der Waals surface area contributed by atoms with Crippen LogP contribution in [0.15, 0.2) is 0 Å². The summed E-state index contributed by atoms with van der Waals surface area (Å²) in [7, 11) is -3.16. The summed E-state index contributed by atoms with van der Waals surface area (Å²) >= 11 is 0. The van der Waals surface area contributed by atoms with Crippen molar-refractivity contribution in [2.45, 2.75) is 44.7 Å². The third-order valence-corrected chi connectivity index (χ3v) is 7.44. The number of hydrogen-bond acceptors (Lipinski definition) is 5. The molecule has 2 aliphatic heterocycles. The second kappa shape index (κ2) is 7.68. The maximum atomic E-state index is 13.0. The van der Waals surface area contributed by atoms with Gasteiger partial charge in [-0.1, -0.05) is 12.8 Å². The summed E-state index contributed by atoms with van der Waals surface area (Å²) in [6.07, 6.45) is 4.84. The Bertz CT molecular complexity index is 540. The molecule has 3 rings (SSSR count). The van der Waals surface area contributed by atoms with Gasteiger partial charge in [0.1, 0.15) is 6.04 Å². The van der Waals surface area contributed by atoms with Crippen molar-refractivity contribution in [1.29, 1.82) is 0 Å². The van der Waals surface area contributed by atoms with Crippen LogP contribution in [0.1, 0.15) is 32.6 Å². The molecule has 1 amide bonds. The number of rotatable bonds is 4. The third kappa shape index (κ3) is 3.76. The molecule has 0 unspecified atom stereocenters. The molecule has 1 aliphatic carbocycles. The normalized spacial score (nSPS) is 28.4. The van der Waals surface area contributed by atoms with E-state index >= 15 is 0 Å². The predicted octanol–water partition coefficient (Wildman–Crippen LogP) is 0.124. The second-order valence-corrected chi connectivity index (χ2v) is 9.15. The van der Waals surface area contributed by atoms with Crippen molar-refractivity contribution in [3.8, 4) is 0 Å². The number of sulfonamides is 1. The van der Waals surface area contributed by atoms with E-state index in [0.29, 0.717) is 45.4 Å². The van der Waals surface area contributed by atoms with Gasteiger partial charge >= 0.3 is 0 Å². The summed E-state index contributed by atoms with van der Waals surface area (Å²) in [5.74, 6) is 0.225. The Morgan fingerprint density at radius 1 is 1.08 bits per heavy atom. The van der Waals surface area contributed by atoms with Crippen LogP contribution < -0.4 is 0 Å². The van der Waals surface area contributed by atoms with Crippen LogP contribution in [-0.4, -0.2) is 92.2 Å². The summed E-state index contributed by atoms with van der Waals surface area (Å²) in [5, 5.41) is 0. The van der Waals surface area contributed by atoms with Crippen LogP contribution in [0.2, 0.25) is 0 Å². The molecule has 2 saturated heterocycles. The SMILES string of the molecule is CCS(=O)(=O)N1CCN(C(=O)[C@H]2COCCN2C2CCCC2)CC1. The first-order valence-corrected chi connectivity index (χ1v) is 10.7. The van der Waals surface area contributed by atoms with Gasteiger partial charge in [-0.3, -0.25) is 9.69 Å². The molecule has 0 aromatic rings. The summed E-state index contributed by atoms with van der Waals surface area (Å²) in [6.45, 7) is 5.40. The molecule has 0 aromatic carbocycles. The van der Waals surface area contributed by atoms with E-state index < -0.39 is 10.0 Å². The zero-order valence-electron chi connectivity index (χ0n) is 14.5. The Morgan fingerprint density at radius 3 is 2.38 bits per heavy atom. The highest BCUT2D eigenvalue weighted by atomic mass is 32.2. The Morgan fingerprint density at radius 2 is 1.75 bits per heavy atom. The topological polar surface area (TPSA) is 70.2 Å². The maximum absolute atomic E-state index is 13.0. The monoisotopic (exact) mass is 359 g/mol. The van der Waals surface area contributed by atoms with Crippen LogP contribution in [0.4, 0.5) is 0 Å². The molecular formula is C16H29N3O4S. The van der Waals surface area contributed by atoms with Gasteiger partial charge in [-0.2, -0.15) is 4.31 Å². The van der Waals surface area contributed by atoms with Gasteiger partial charge in [-0.25, -0.2) is 8.42 Å². The molecule has 0 aromatic heterocycles. The predicted molar refractivity (Wildman–Crippen MR) is 91.2 cm³/mol. The molecule has 3 aliphatic rings. The number of amides is 1. The Hall–Kier alpha value is -0.700. The van der Waals surface area contributed by atoms with Gasteiger partial charge in [0.2, 0.25) is 15.9 Å². The van der Waals surface area contributed by atoms with Crippen LogP contribution in [0.5, 0.6) is 0 Å². The van der Waals surface area contributed by atoms with Crippen molar-refractivity contribution in [2.75, 3.05) is 51.7 Å². The van der Waals surface area contributed by atoms with Crippen molar-refractivity contribution in [1.82, 2.24) is 14.1 Å². The molecule has 0 spiro atoms.